The largest absolute Gasteiger partial charge is 0.307 e. The van der Waals surface area contributed by atoms with Gasteiger partial charge >= 0.3 is 0 Å². The number of aromatic nitrogens is 3. The van der Waals surface area contributed by atoms with Gasteiger partial charge in [-0.25, -0.2) is 4.98 Å². The second-order valence-corrected chi connectivity index (χ2v) is 7.14. The molecule has 2 rings (SSSR count). The lowest BCUT2D eigenvalue weighted by atomic mass is 9.93. The molecule has 1 N–H and O–H groups in total. The highest BCUT2D eigenvalue weighted by Crippen LogP contribution is 2.32. The Labute approximate surface area is 125 Å². The van der Waals surface area contributed by atoms with E-state index in [1.165, 1.54) is 11.3 Å². The van der Waals surface area contributed by atoms with Gasteiger partial charge < -0.3 is 5.32 Å². The van der Waals surface area contributed by atoms with Crippen LogP contribution in [-0.4, -0.2) is 21.8 Å². The van der Waals surface area contributed by atoms with Gasteiger partial charge in [-0.05, 0) is 20.9 Å². The van der Waals surface area contributed by atoms with Gasteiger partial charge in [-0.2, -0.15) is 5.10 Å². The fraction of sp³-hybridized carbons (Fsp3) is 0.600. The number of thiazole rings is 1. The van der Waals surface area contributed by atoms with Crippen LogP contribution in [0.25, 0.3) is 0 Å². The van der Waals surface area contributed by atoms with E-state index in [1.54, 1.807) is 11.3 Å². The van der Waals surface area contributed by atoms with E-state index in [1.807, 2.05) is 18.8 Å². The Bertz CT molecular complexity index is 604. The first kappa shape index (κ1) is 15.2. The fourth-order valence-electron chi connectivity index (χ4n) is 2.36. The molecule has 0 aliphatic carbocycles. The summed E-state index contributed by atoms with van der Waals surface area (Å²) in [5.74, 6) is 0. The van der Waals surface area contributed by atoms with E-state index in [-0.39, 0.29) is 11.5 Å². The standard InChI is InChI=1S/C15H24N4S/c1-9-12(10(2)19(7)18-9)13(16-6)14-17-11(8-20-14)15(3,4)5/h8,13,16H,1-7H3. The smallest absolute Gasteiger partial charge is 0.115 e. The predicted molar refractivity (Wildman–Crippen MR) is 84.4 cm³/mol. The Balaban J connectivity index is 2.45. The average molecular weight is 292 g/mol. The summed E-state index contributed by atoms with van der Waals surface area (Å²) in [6, 6.07) is 0.116. The number of hydrogen-bond acceptors (Lipinski definition) is 4. The van der Waals surface area contributed by atoms with Crippen molar-refractivity contribution in [3.05, 3.63) is 33.0 Å². The zero-order valence-corrected chi connectivity index (χ0v) is 14.2. The quantitative estimate of drug-likeness (QED) is 0.945. The summed E-state index contributed by atoms with van der Waals surface area (Å²) in [6.07, 6.45) is 0. The Kier molecular flexibility index (Phi) is 4.02. The van der Waals surface area contributed by atoms with Crippen molar-refractivity contribution >= 4 is 11.3 Å². The van der Waals surface area contributed by atoms with Gasteiger partial charge in [0.15, 0.2) is 0 Å². The molecule has 2 aromatic rings. The van der Waals surface area contributed by atoms with Crippen LogP contribution >= 0.6 is 11.3 Å². The van der Waals surface area contributed by atoms with Crippen LogP contribution in [-0.2, 0) is 12.5 Å². The van der Waals surface area contributed by atoms with Gasteiger partial charge in [-0.1, -0.05) is 20.8 Å². The molecule has 110 valence electrons. The van der Waals surface area contributed by atoms with Crippen molar-refractivity contribution in [3.8, 4) is 0 Å². The zero-order valence-electron chi connectivity index (χ0n) is 13.4. The highest BCUT2D eigenvalue weighted by Gasteiger charge is 2.25. The molecule has 0 spiro atoms. The highest BCUT2D eigenvalue weighted by atomic mass is 32.1. The third kappa shape index (κ3) is 2.65. The summed E-state index contributed by atoms with van der Waals surface area (Å²) >= 11 is 1.72. The monoisotopic (exact) mass is 292 g/mol. The van der Waals surface area contributed by atoms with Crippen molar-refractivity contribution < 1.29 is 0 Å². The fourth-order valence-corrected chi connectivity index (χ4v) is 3.53. The maximum atomic E-state index is 4.84. The van der Waals surface area contributed by atoms with Gasteiger partial charge in [0, 0.05) is 29.1 Å². The highest BCUT2D eigenvalue weighted by molar-refractivity contribution is 7.09. The van der Waals surface area contributed by atoms with Crippen molar-refractivity contribution in [2.75, 3.05) is 7.05 Å². The lowest BCUT2D eigenvalue weighted by Crippen LogP contribution is -2.20. The number of hydrogen-bond donors (Lipinski definition) is 1. The van der Waals surface area contributed by atoms with Crippen LogP contribution < -0.4 is 5.32 Å². The lowest BCUT2D eigenvalue weighted by Gasteiger charge is -2.16. The van der Waals surface area contributed by atoms with E-state index < -0.39 is 0 Å². The van der Waals surface area contributed by atoms with E-state index in [9.17, 15) is 0 Å². The first-order chi connectivity index (χ1) is 9.25. The minimum atomic E-state index is 0.0894. The Morgan fingerprint density at radius 3 is 2.35 bits per heavy atom. The Hall–Kier alpha value is -1.20. The van der Waals surface area contributed by atoms with Gasteiger partial charge in [-0.3, -0.25) is 4.68 Å². The topological polar surface area (TPSA) is 42.7 Å². The molecule has 0 saturated carbocycles. The molecule has 1 unspecified atom stereocenters. The SMILES string of the molecule is CNC(c1nc(C(C)(C)C)cs1)c1c(C)nn(C)c1C. The summed E-state index contributed by atoms with van der Waals surface area (Å²) in [4.78, 5) is 4.84. The molecule has 0 aliphatic rings. The number of nitrogens with zero attached hydrogens (tertiary/aromatic N) is 3. The second-order valence-electron chi connectivity index (χ2n) is 6.25. The van der Waals surface area contributed by atoms with E-state index >= 15 is 0 Å². The van der Waals surface area contributed by atoms with Crippen LogP contribution in [0.5, 0.6) is 0 Å². The molecular weight excluding hydrogens is 268 g/mol. The molecule has 0 radical (unpaired) electrons. The van der Waals surface area contributed by atoms with Crippen molar-refractivity contribution in [1.82, 2.24) is 20.1 Å². The van der Waals surface area contributed by atoms with Gasteiger partial charge in [0.1, 0.15) is 5.01 Å². The van der Waals surface area contributed by atoms with Crippen LogP contribution in [0.1, 0.15) is 54.5 Å². The summed E-state index contributed by atoms with van der Waals surface area (Å²) in [5, 5.41) is 11.2. The van der Waals surface area contributed by atoms with Crippen LogP contribution in [0.2, 0.25) is 0 Å². The van der Waals surface area contributed by atoms with E-state index in [2.05, 4.69) is 50.4 Å². The van der Waals surface area contributed by atoms with Gasteiger partial charge in [-0.15, -0.1) is 11.3 Å². The Morgan fingerprint density at radius 1 is 1.30 bits per heavy atom. The third-order valence-electron chi connectivity index (χ3n) is 3.68. The molecular formula is C15H24N4S. The van der Waals surface area contributed by atoms with E-state index in [4.69, 9.17) is 4.98 Å². The zero-order chi connectivity index (χ0) is 15.1. The summed E-state index contributed by atoms with van der Waals surface area (Å²) < 4.78 is 1.94. The third-order valence-corrected chi connectivity index (χ3v) is 4.59. The van der Waals surface area contributed by atoms with Gasteiger partial charge in [0.25, 0.3) is 0 Å². The second kappa shape index (κ2) is 5.30. The van der Waals surface area contributed by atoms with Crippen molar-refractivity contribution in [1.29, 1.82) is 0 Å². The van der Waals surface area contributed by atoms with Crippen LogP contribution in [0.3, 0.4) is 0 Å². The summed E-state index contributed by atoms with van der Waals surface area (Å²) in [5.41, 5.74) is 4.74. The van der Waals surface area contributed by atoms with Crippen molar-refractivity contribution in [2.24, 2.45) is 7.05 Å². The number of nitrogens with one attached hydrogen (secondary N) is 1. The van der Waals surface area contributed by atoms with Crippen LogP contribution in [0.4, 0.5) is 0 Å². The van der Waals surface area contributed by atoms with Crippen LogP contribution in [0.15, 0.2) is 5.38 Å². The first-order valence-corrected chi connectivity index (χ1v) is 7.77. The summed E-state index contributed by atoms with van der Waals surface area (Å²) in [6.45, 7) is 10.8. The molecule has 0 saturated heterocycles. The minimum Gasteiger partial charge on any atom is -0.307 e. The molecule has 2 heterocycles. The number of rotatable bonds is 3. The van der Waals surface area contributed by atoms with Gasteiger partial charge in [0.2, 0.25) is 0 Å². The number of aryl methyl sites for hydroxylation is 2. The Morgan fingerprint density at radius 2 is 1.95 bits per heavy atom. The molecule has 1 atom stereocenters. The molecule has 0 bridgehead atoms. The molecule has 2 aromatic heterocycles. The molecule has 20 heavy (non-hydrogen) atoms. The maximum absolute atomic E-state index is 4.84. The lowest BCUT2D eigenvalue weighted by molar-refractivity contribution is 0.565. The summed E-state index contributed by atoms with van der Waals surface area (Å²) in [7, 11) is 3.97. The molecule has 0 fully saturated rings. The van der Waals surface area contributed by atoms with Crippen molar-refractivity contribution in [2.45, 2.75) is 46.1 Å². The maximum Gasteiger partial charge on any atom is 0.115 e. The molecule has 0 aliphatic heterocycles. The molecule has 4 nitrogen and oxygen atoms in total. The predicted octanol–water partition coefficient (Wildman–Crippen LogP) is 3.10. The van der Waals surface area contributed by atoms with Gasteiger partial charge in [0.05, 0.1) is 17.4 Å². The average Bonchev–Trinajstić information content (AvgIpc) is 2.91. The van der Waals surface area contributed by atoms with E-state index in [0.29, 0.717) is 0 Å². The normalized spacial score (nSPS) is 13.8. The molecule has 0 amide bonds. The van der Waals surface area contributed by atoms with Crippen LogP contribution in [0, 0.1) is 13.8 Å². The first-order valence-electron chi connectivity index (χ1n) is 6.89. The van der Waals surface area contributed by atoms with E-state index in [0.717, 1.165) is 16.4 Å². The molecule has 5 heteroatoms. The van der Waals surface area contributed by atoms with Crippen molar-refractivity contribution in [3.63, 3.8) is 0 Å². The minimum absolute atomic E-state index is 0.0894. The molecule has 0 aromatic carbocycles.